The average molecular weight is 332 g/mol. The maximum absolute atomic E-state index is 13.1. The third kappa shape index (κ3) is 2.76. The molecule has 0 aliphatic heterocycles. The molecule has 0 radical (unpaired) electrons. The van der Waals surface area contributed by atoms with Crippen LogP contribution in [0.5, 0.6) is 0 Å². The van der Waals surface area contributed by atoms with Gasteiger partial charge in [0.2, 0.25) is 11.8 Å². The number of carbonyl (C=O) groups excluding carboxylic acids is 3. The first-order valence-electron chi connectivity index (χ1n) is 9.57. The number of hydrogen-bond acceptors (Lipinski definition) is 3. The van der Waals surface area contributed by atoms with Crippen LogP contribution >= 0.6 is 0 Å². The Hall–Kier alpha value is -1.39. The highest BCUT2D eigenvalue weighted by Crippen LogP contribution is 2.60. The number of hydrogen-bond donors (Lipinski definition) is 2. The standard InChI is InChI=1S/C19H28N2O3/c20-17(23)16(14-2-1-3-15(22)7-14)21-18(24)19-8-11-4-12(9-19)6-13(5-11)10-19/h11-14,16H,1-10H2,(H2,20,23)(H,21,24)/t11?,12?,13?,14-,16-,19?/m0/s1. The first kappa shape index (κ1) is 16.1. The quantitative estimate of drug-likeness (QED) is 0.824. The molecule has 2 amide bonds. The highest BCUT2D eigenvalue weighted by molar-refractivity contribution is 5.90. The van der Waals surface area contributed by atoms with Crippen molar-refractivity contribution < 1.29 is 14.4 Å². The Morgan fingerprint density at radius 3 is 2.17 bits per heavy atom. The van der Waals surface area contributed by atoms with Gasteiger partial charge in [-0.3, -0.25) is 14.4 Å². The molecule has 132 valence electrons. The van der Waals surface area contributed by atoms with E-state index in [0.29, 0.717) is 30.6 Å². The van der Waals surface area contributed by atoms with Crippen LogP contribution in [-0.4, -0.2) is 23.6 Å². The fourth-order valence-electron chi connectivity index (χ4n) is 6.45. The Balaban J connectivity index is 1.49. The van der Waals surface area contributed by atoms with Gasteiger partial charge >= 0.3 is 0 Å². The zero-order chi connectivity index (χ0) is 16.9. The fourth-order valence-corrected chi connectivity index (χ4v) is 6.45. The molecule has 5 fully saturated rings. The number of carbonyl (C=O) groups is 3. The summed E-state index contributed by atoms with van der Waals surface area (Å²) in [4.78, 5) is 36.8. The molecular weight excluding hydrogens is 304 g/mol. The van der Waals surface area contributed by atoms with Crippen molar-refractivity contribution in [3.05, 3.63) is 0 Å². The van der Waals surface area contributed by atoms with Crippen LogP contribution in [0.25, 0.3) is 0 Å². The minimum absolute atomic E-state index is 0.0309. The first-order valence-corrected chi connectivity index (χ1v) is 9.57. The molecule has 0 spiro atoms. The second kappa shape index (κ2) is 5.85. The second-order valence-corrected chi connectivity index (χ2v) is 8.95. The molecule has 0 aromatic carbocycles. The Morgan fingerprint density at radius 1 is 1.08 bits per heavy atom. The minimum atomic E-state index is -0.685. The van der Waals surface area contributed by atoms with Crippen LogP contribution in [0.1, 0.15) is 64.2 Å². The van der Waals surface area contributed by atoms with Crippen LogP contribution in [0.2, 0.25) is 0 Å². The van der Waals surface area contributed by atoms with Gasteiger partial charge in [0.1, 0.15) is 11.8 Å². The topological polar surface area (TPSA) is 89.3 Å². The predicted octanol–water partition coefficient (Wildman–Crippen LogP) is 1.93. The van der Waals surface area contributed by atoms with E-state index in [1.54, 1.807) is 0 Å². The van der Waals surface area contributed by atoms with Gasteiger partial charge in [-0.25, -0.2) is 0 Å². The molecule has 4 bridgehead atoms. The van der Waals surface area contributed by atoms with Crippen molar-refractivity contribution in [2.75, 3.05) is 0 Å². The number of amides is 2. The number of ketones is 1. The lowest BCUT2D eigenvalue weighted by molar-refractivity contribution is -0.149. The number of nitrogens with two attached hydrogens (primary N) is 1. The molecule has 0 aromatic rings. The Bertz CT molecular complexity index is 536. The van der Waals surface area contributed by atoms with Crippen molar-refractivity contribution in [1.82, 2.24) is 5.32 Å². The van der Waals surface area contributed by atoms with E-state index >= 15 is 0 Å². The van der Waals surface area contributed by atoms with Crippen LogP contribution in [0.15, 0.2) is 0 Å². The fraction of sp³-hybridized carbons (Fsp3) is 0.842. The first-order chi connectivity index (χ1) is 11.4. The molecule has 3 N–H and O–H groups in total. The summed E-state index contributed by atoms with van der Waals surface area (Å²) in [5.74, 6) is 1.65. The third-order valence-corrected chi connectivity index (χ3v) is 7.10. The van der Waals surface area contributed by atoms with Gasteiger partial charge in [0.05, 0.1) is 0 Å². The average Bonchev–Trinajstić information content (AvgIpc) is 2.50. The van der Waals surface area contributed by atoms with Crippen molar-refractivity contribution >= 4 is 17.6 Å². The third-order valence-electron chi connectivity index (χ3n) is 7.10. The van der Waals surface area contributed by atoms with Gasteiger partial charge in [0.25, 0.3) is 0 Å². The highest BCUT2D eigenvalue weighted by atomic mass is 16.2. The summed E-state index contributed by atoms with van der Waals surface area (Å²) < 4.78 is 0. The molecule has 5 aliphatic carbocycles. The molecule has 5 rings (SSSR count). The van der Waals surface area contributed by atoms with Gasteiger partial charge in [0.15, 0.2) is 0 Å². The van der Waals surface area contributed by atoms with Crippen LogP contribution in [0.3, 0.4) is 0 Å². The van der Waals surface area contributed by atoms with E-state index in [-0.39, 0.29) is 23.0 Å². The lowest BCUT2D eigenvalue weighted by Gasteiger charge is -2.56. The van der Waals surface area contributed by atoms with E-state index in [2.05, 4.69) is 5.32 Å². The molecular formula is C19H28N2O3. The van der Waals surface area contributed by atoms with Crippen molar-refractivity contribution in [1.29, 1.82) is 0 Å². The zero-order valence-corrected chi connectivity index (χ0v) is 14.3. The zero-order valence-electron chi connectivity index (χ0n) is 14.3. The molecule has 5 heteroatoms. The van der Waals surface area contributed by atoms with Gasteiger partial charge in [-0.05, 0) is 75.0 Å². The number of Topliss-reactive ketones (excluding diaryl/α,β-unsaturated/α-hetero) is 1. The number of primary amides is 1. The normalized spacial score (nSPS) is 41.9. The van der Waals surface area contributed by atoms with Gasteiger partial charge < -0.3 is 11.1 Å². The SMILES string of the molecule is NC(=O)[C@@H](NC(=O)C12CC3CC(CC(C3)C1)C2)[C@H]1CCCC(=O)C1. The smallest absolute Gasteiger partial charge is 0.240 e. The van der Waals surface area contributed by atoms with Crippen molar-refractivity contribution in [2.24, 2.45) is 34.8 Å². The monoisotopic (exact) mass is 332 g/mol. The van der Waals surface area contributed by atoms with Crippen LogP contribution in [0.4, 0.5) is 0 Å². The summed E-state index contributed by atoms with van der Waals surface area (Å²) in [6, 6.07) is -0.685. The van der Waals surface area contributed by atoms with Gasteiger partial charge in [-0.1, -0.05) is 0 Å². The molecule has 24 heavy (non-hydrogen) atoms. The molecule has 5 saturated carbocycles. The number of nitrogens with one attached hydrogen (secondary N) is 1. The molecule has 5 nitrogen and oxygen atoms in total. The minimum Gasteiger partial charge on any atom is -0.368 e. The van der Waals surface area contributed by atoms with E-state index in [1.807, 2.05) is 0 Å². The summed E-state index contributed by atoms with van der Waals surface area (Å²) in [5, 5.41) is 3.00. The molecule has 0 saturated heterocycles. The maximum atomic E-state index is 13.1. The maximum Gasteiger partial charge on any atom is 0.240 e. The van der Waals surface area contributed by atoms with Crippen LogP contribution < -0.4 is 11.1 Å². The molecule has 0 unspecified atom stereocenters. The Kier molecular flexibility index (Phi) is 3.92. The Labute approximate surface area is 143 Å². The largest absolute Gasteiger partial charge is 0.368 e. The molecule has 0 aromatic heterocycles. The van der Waals surface area contributed by atoms with Crippen LogP contribution in [0, 0.1) is 29.1 Å². The van der Waals surface area contributed by atoms with E-state index < -0.39 is 11.9 Å². The van der Waals surface area contributed by atoms with E-state index in [0.717, 1.165) is 32.1 Å². The summed E-state index contributed by atoms with van der Waals surface area (Å²) in [7, 11) is 0. The summed E-state index contributed by atoms with van der Waals surface area (Å²) in [5.41, 5.74) is 5.31. The van der Waals surface area contributed by atoms with Crippen molar-refractivity contribution in [3.63, 3.8) is 0 Å². The highest BCUT2D eigenvalue weighted by Gasteiger charge is 2.55. The number of rotatable bonds is 4. The van der Waals surface area contributed by atoms with Gasteiger partial charge in [-0.2, -0.15) is 0 Å². The van der Waals surface area contributed by atoms with Crippen molar-refractivity contribution in [2.45, 2.75) is 70.3 Å². The van der Waals surface area contributed by atoms with E-state index in [4.69, 9.17) is 5.73 Å². The summed E-state index contributed by atoms with van der Waals surface area (Å²) in [6.07, 6.45) is 9.30. The summed E-state index contributed by atoms with van der Waals surface area (Å²) in [6.45, 7) is 0. The van der Waals surface area contributed by atoms with E-state index in [1.165, 1.54) is 19.3 Å². The Morgan fingerprint density at radius 2 is 1.67 bits per heavy atom. The van der Waals surface area contributed by atoms with Crippen molar-refractivity contribution in [3.8, 4) is 0 Å². The molecule has 5 aliphatic rings. The predicted molar refractivity (Wildman–Crippen MR) is 88.7 cm³/mol. The molecule has 0 heterocycles. The lowest BCUT2D eigenvalue weighted by atomic mass is 9.49. The van der Waals surface area contributed by atoms with E-state index in [9.17, 15) is 14.4 Å². The van der Waals surface area contributed by atoms with Gasteiger partial charge in [0, 0.05) is 18.3 Å². The summed E-state index contributed by atoms with van der Waals surface area (Å²) >= 11 is 0. The van der Waals surface area contributed by atoms with Crippen LogP contribution in [-0.2, 0) is 14.4 Å². The lowest BCUT2D eigenvalue weighted by Crippen LogP contribution is -2.58. The molecule has 2 atom stereocenters. The van der Waals surface area contributed by atoms with Gasteiger partial charge in [-0.15, -0.1) is 0 Å². The second-order valence-electron chi connectivity index (χ2n) is 8.95.